The van der Waals surface area contributed by atoms with Crippen molar-refractivity contribution in [3.8, 4) is 11.4 Å². The molecule has 2 aliphatic rings. The number of carbonyl (C=O) groups excluding carboxylic acids is 2. The van der Waals surface area contributed by atoms with Gasteiger partial charge in [0.1, 0.15) is 17.2 Å². The fourth-order valence-corrected chi connectivity index (χ4v) is 4.37. The van der Waals surface area contributed by atoms with E-state index in [9.17, 15) is 19.1 Å². The molecular formula is C24H21ClFN5O3. The Balaban J connectivity index is 1.40. The molecule has 2 aliphatic heterocycles. The third-order valence-corrected chi connectivity index (χ3v) is 6.38. The second kappa shape index (κ2) is 9.00. The molecule has 2 amide bonds. The maximum Gasteiger partial charge on any atom is 0.257 e. The maximum atomic E-state index is 14.5. The summed E-state index contributed by atoms with van der Waals surface area (Å²) in [6.45, 7) is 0.848. The Hall–Kier alpha value is -3.56. The van der Waals surface area contributed by atoms with E-state index in [-0.39, 0.29) is 59.7 Å². The zero-order valence-corrected chi connectivity index (χ0v) is 18.8. The van der Waals surface area contributed by atoms with Crippen LogP contribution < -0.4 is 10.6 Å². The summed E-state index contributed by atoms with van der Waals surface area (Å²) in [6, 6.07) is 11.4. The Labute approximate surface area is 199 Å². The monoisotopic (exact) mass is 481 g/mol. The summed E-state index contributed by atoms with van der Waals surface area (Å²) < 4.78 is 14.5. The van der Waals surface area contributed by atoms with Gasteiger partial charge in [-0.15, -0.1) is 0 Å². The van der Waals surface area contributed by atoms with Crippen molar-refractivity contribution in [3.05, 3.63) is 70.1 Å². The molecule has 1 aromatic heterocycles. The number of amides is 2. The molecule has 1 unspecified atom stereocenters. The first-order valence-electron chi connectivity index (χ1n) is 10.8. The third-order valence-electron chi connectivity index (χ3n) is 6.06. The van der Waals surface area contributed by atoms with Gasteiger partial charge in [0, 0.05) is 12.2 Å². The molecule has 34 heavy (non-hydrogen) atoms. The fourth-order valence-electron chi connectivity index (χ4n) is 4.12. The largest absolute Gasteiger partial charge is 0.394 e. The molecule has 8 nitrogen and oxygen atoms in total. The van der Waals surface area contributed by atoms with Gasteiger partial charge >= 0.3 is 0 Å². The van der Waals surface area contributed by atoms with E-state index in [4.69, 9.17) is 11.6 Å². The van der Waals surface area contributed by atoms with Crippen LogP contribution in [0.15, 0.2) is 42.5 Å². The van der Waals surface area contributed by atoms with Gasteiger partial charge in [0.2, 0.25) is 5.91 Å². The lowest BCUT2D eigenvalue weighted by atomic mass is 10.0. The molecule has 3 aromatic rings. The van der Waals surface area contributed by atoms with Crippen molar-refractivity contribution in [1.29, 1.82) is 0 Å². The smallest absolute Gasteiger partial charge is 0.257 e. The molecule has 10 heteroatoms. The van der Waals surface area contributed by atoms with E-state index >= 15 is 0 Å². The predicted molar refractivity (Wildman–Crippen MR) is 124 cm³/mol. The highest BCUT2D eigenvalue weighted by Crippen LogP contribution is 2.32. The van der Waals surface area contributed by atoms with Crippen LogP contribution in [0.5, 0.6) is 0 Å². The number of carbonyl (C=O) groups is 2. The predicted octanol–water partition coefficient (Wildman–Crippen LogP) is 3.06. The zero-order valence-electron chi connectivity index (χ0n) is 18.0. The number of benzene rings is 2. The van der Waals surface area contributed by atoms with Gasteiger partial charge in [-0.25, -0.2) is 14.4 Å². The number of halogens is 2. The lowest BCUT2D eigenvalue weighted by Gasteiger charge is -2.40. The molecule has 0 aliphatic carbocycles. The van der Waals surface area contributed by atoms with Gasteiger partial charge in [0.15, 0.2) is 5.82 Å². The van der Waals surface area contributed by atoms with Crippen LogP contribution in [0, 0.1) is 5.82 Å². The number of fused-ring (bicyclic) bond motifs is 1. The molecule has 5 rings (SSSR count). The van der Waals surface area contributed by atoms with E-state index in [0.29, 0.717) is 23.5 Å². The molecular weight excluding hydrogens is 461 g/mol. The van der Waals surface area contributed by atoms with Crippen molar-refractivity contribution >= 4 is 34.9 Å². The molecule has 0 bridgehead atoms. The molecule has 174 valence electrons. The van der Waals surface area contributed by atoms with Gasteiger partial charge in [0.05, 0.1) is 41.9 Å². The van der Waals surface area contributed by atoms with Crippen LogP contribution >= 0.6 is 11.6 Å². The van der Waals surface area contributed by atoms with E-state index in [1.54, 1.807) is 23.1 Å². The standard InChI is InChI=1S/C24H21ClFN5O3/c25-16-2-1-3-17(26)20(16)22-29-18-11-27-24(34)21(18)23(30-22)28-14-6-4-13(5-7-14)10-19(33)31-9-8-15(31)12-32/h1-7,15,32H,8-12H2,(H,27,34)(H,28,29,30). The third kappa shape index (κ3) is 4.08. The Bertz CT molecular complexity index is 1260. The Morgan fingerprint density at radius 2 is 2.00 bits per heavy atom. The SMILES string of the molecule is O=C1NCc2nc(-c3c(F)cccc3Cl)nc(Nc3ccc(CC(=O)N4CCC4CO)cc3)c21. The van der Waals surface area contributed by atoms with Gasteiger partial charge in [-0.05, 0) is 36.2 Å². The minimum absolute atomic E-state index is 0.0223. The van der Waals surface area contributed by atoms with Crippen molar-refractivity contribution in [2.75, 3.05) is 18.5 Å². The van der Waals surface area contributed by atoms with Crippen LogP contribution in [0.25, 0.3) is 11.4 Å². The number of likely N-dealkylation sites (tertiary alicyclic amines) is 1. The van der Waals surface area contributed by atoms with Gasteiger partial charge in [-0.3, -0.25) is 9.59 Å². The minimum Gasteiger partial charge on any atom is -0.394 e. The first-order valence-corrected chi connectivity index (χ1v) is 11.2. The van der Waals surface area contributed by atoms with E-state index in [1.807, 2.05) is 12.1 Å². The first kappa shape index (κ1) is 22.2. The van der Waals surface area contributed by atoms with Gasteiger partial charge in [0.25, 0.3) is 5.91 Å². The normalized spacial score (nSPS) is 16.6. The second-order valence-electron chi connectivity index (χ2n) is 8.21. The number of anilines is 2. The molecule has 1 fully saturated rings. The Kier molecular flexibility index (Phi) is 5.89. The minimum atomic E-state index is -0.560. The zero-order chi connectivity index (χ0) is 23.8. The lowest BCUT2D eigenvalue weighted by molar-refractivity contribution is -0.139. The molecule has 2 aromatic carbocycles. The highest BCUT2D eigenvalue weighted by Gasteiger charge is 2.31. The number of aliphatic hydroxyl groups excluding tert-OH is 1. The highest BCUT2D eigenvalue weighted by atomic mass is 35.5. The van der Waals surface area contributed by atoms with Crippen molar-refractivity contribution in [1.82, 2.24) is 20.2 Å². The van der Waals surface area contributed by atoms with E-state index in [1.165, 1.54) is 12.1 Å². The van der Waals surface area contributed by atoms with Gasteiger partial charge < -0.3 is 20.6 Å². The van der Waals surface area contributed by atoms with Crippen LogP contribution in [0.1, 0.15) is 28.0 Å². The maximum absolute atomic E-state index is 14.5. The number of aromatic nitrogens is 2. The summed E-state index contributed by atoms with van der Waals surface area (Å²) in [5, 5.41) is 15.3. The molecule has 1 atom stereocenters. The summed E-state index contributed by atoms with van der Waals surface area (Å²) in [5.41, 5.74) is 2.27. The second-order valence-corrected chi connectivity index (χ2v) is 8.61. The van der Waals surface area contributed by atoms with Crippen LogP contribution in [-0.4, -0.2) is 51.0 Å². The average Bonchev–Trinajstić information content (AvgIpc) is 3.15. The quantitative estimate of drug-likeness (QED) is 0.499. The lowest BCUT2D eigenvalue weighted by Crippen LogP contribution is -2.53. The molecule has 3 heterocycles. The van der Waals surface area contributed by atoms with Crippen LogP contribution in [0.3, 0.4) is 0 Å². The number of hydrogen-bond acceptors (Lipinski definition) is 6. The summed E-state index contributed by atoms with van der Waals surface area (Å²) in [7, 11) is 0. The van der Waals surface area contributed by atoms with Gasteiger partial charge in [-0.2, -0.15) is 0 Å². The Morgan fingerprint density at radius 3 is 2.68 bits per heavy atom. The average molecular weight is 482 g/mol. The van der Waals surface area contributed by atoms with Gasteiger partial charge in [-0.1, -0.05) is 29.8 Å². The molecule has 0 radical (unpaired) electrons. The van der Waals surface area contributed by atoms with Crippen molar-refractivity contribution in [2.45, 2.75) is 25.4 Å². The number of nitrogens with zero attached hydrogens (tertiary/aromatic N) is 3. The van der Waals surface area contributed by atoms with E-state index in [0.717, 1.165) is 12.0 Å². The van der Waals surface area contributed by atoms with Crippen LogP contribution in [0.2, 0.25) is 5.02 Å². The summed E-state index contributed by atoms with van der Waals surface area (Å²) in [4.78, 5) is 35.3. The molecule has 0 spiro atoms. The van der Waals surface area contributed by atoms with Crippen LogP contribution in [0.4, 0.5) is 15.9 Å². The molecule has 0 saturated carbocycles. The fraction of sp³-hybridized carbons (Fsp3) is 0.250. The van der Waals surface area contributed by atoms with Crippen molar-refractivity contribution in [2.24, 2.45) is 0 Å². The first-order chi connectivity index (χ1) is 16.4. The highest BCUT2D eigenvalue weighted by molar-refractivity contribution is 6.33. The summed E-state index contributed by atoms with van der Waals surface area (Å²) in [6.07, 6.45) is 1.06. The van der Waals surface area contributed by atoms with Crippen molar-refractivity contribution in [3.63, 3.8) is 0 Å². The number of nitrogens with one attached hydrogen (secondary N) is 2. The topological polar surface area (TPSA) is 107 Å². The molecule has 1 saturated heterocycles. The molecule has 3 N–H and O–H groups in total. The van der Waals surface area contributed by atoms with Crippen molar-refractivity contribution < 1.29 is 19.1 Å². The summed E-state index contributed by atoms with van der Waals surface area (Å²) >= 11 is 6.20. The Morgan fingerprint density at radius 1 is 1.21 bits per heavy atom. The number of rotatable bonds is 6. The summed E-state index contributed by atoms with van der Waals surface area (Å²) in [5.74, 6) is -0.586. The van der Waals surface area contributed by atoms with E-state index < -0.39 is 5.82 Å². The number of aliphatic hydroxyl groups is 1. The van der Waals surface area contributed by atoms with E-state index in [2.05, 4.69) is 20.6 Å². The number of hydrogen-bond donors (Lipinski definition) is 3. The van der Waals surface area contributed by atoms with Crippen LogP contribution in [-0.2, 0) is 17.8 Å².